The molecule has 0 N–H and O–H groups in total. The van der Waals surface area contributed by atoms with Crippen LogP contribution in [0.3, 0.4) is 0 Å². The van der Waals surface area contributed by atoms with Crippen molar-refractivity contribution in [3.8, 4) is 39.7 Å². The van der Waals surface area contributed by atoms with Gasteiger partial charge in [-0.3, -0.25) is 4.79 Å². The molecule has 0 unspecified atom stereocenters. The van der Waals surface area contributed by atoms with Gasteiger partial charge in [0, 0.05) is 16.7 Å². The lowest BCUT2D eigenvalue weighted by molar-refractivity contribution is 0.101. The molecule has 4 rings (SSSR count). The summed E-state index contributed by atoms with van der Waals surface area (Å²) < 4.78 is 21.8. The molecule has 0 amide bonds. The van der Waals surface area contributed by atoms with E-state index in [1.54, 1.807) is 45.6 Å². The number of furan rings is 1. The predicted octanol–water partition coefficient (Wildman–Crippen LogP) is 5.87. The zero-order valence-electron chi connectivity index (χ0n) is 17.5. The first kappa shape index (κ1) is 20.3. The first-order valence-corrected chi connectivity index (χ1v) is 9.74. The molecule has 0 fully saturated rings. The summed E-state index contributed by atoms with van der Waals surface area (Å²) >= 11 is 0. The van der Waals surface area contributed by atoms with Gasteiger partial charge in [0.2, 0.25) is 5.78 Å². The second-order valence-electron chi connectivity index (χ2n) is 6.87. The van der Waals surface area contributed by atoms with Crippen LogP contribution in [-0.4, -0.2) is 27.1 Å². The van der Waals surface area contributed by atoms with Crippen molar-refractivity contribution < 1.29 is 23.4 Å². The van der Waals surface area contributed by atoms with Crippen LogP contribution in [0.5, 0.6) is 17.2 Å². The van der Waals surface area contributed by atoms with Gasteiger partial charge in [0.1, 0.15) is 23.0 Å². The molecule has 0 aliphatic rings. The van der Waals surface area contributed by atoms with E-state index in [1.165, 1.54) is 0 Å². The van der Waals surface area contributed by atoms with Gasteiger partial charge in [-0.2, -0.15) is 0 Å². The van der Waals surface area contributed by atoms with Gasteiger partial charge in [-0.05, 0) is 72.3 Å². The highest BCUT2D eigenvalue weighted by molar-refractivity contribution is 6.11. The fourth-order valence-corrected chi connectivity index (χ4v) is 3.32. The largest absolute Gasteiger partial charge is 0.497 e. The molecule has 5 heteroatoms. The minimum atomic E-state index is -0.201. The summed E-state index contributed by atoms with van der Waals surface area (Å²) in [6.07, 6.45) is 0. The molecule has 0 atom stereocenters. The van der Waals surface area contributed by atoms with Gasteiger partial charge < -0.3 is 18.6 Å². The summed E-state index contributed by atoms with van der Waals surface area (Å²) in [7, 11) is 4.83. The molecule has 3 aromatic carbocycles. The molecular formula is C26H22O5. The second-order valence-corrected chi connectivity index (χ2v) is 6.87. The minimum absolute atomic E-state index is 0.201. The van der Waals surface area contributed by atoms with Crippen LogP contribution in [0.25, 0.3) is 22.5 Å². The predicted molar refractivity (Wildman–Crippen MR) is 119 cm³/mol. The highest BCUT2D eigenvalue weighted by Gasteiger charge is 2.22. The molecule has 31 heavy (non-hydrogen) atoms. The van der Waals surface area contributed by atoms with E-state index in [0.717, 1.165) is 22.6 Å². The van der Waals surface area contributed by atoms with Crippen molar-refractivity contribution in [2.75, 3.05) is 21.3 Å². The second kappa shape index (κ2) is 8.79. The van der Waals surface area contributed by atoms with E-state index in [4.69, 9.17) is 18.6 Å². The Morgan fingerprint density at radius 2 is 1.10 bits per heavy atom. The van der Waals surface area contributed by atoms with Crippen molar-refractivity contribution in [2.45, 2.75) is 0 Å². The van der Waals surface area contributed by atoms with Crippen LogP contribution < -0.4 is 14.2 Å². The highest BCUT2D eigenvalue weighted by atomic mass is 16.5. The van der Waals surface area contributed by atoms with Crippen LogP contribution >= 0.6 is 0 Å². The topological polar surface area (TPSA) is 57.9 Å². The molecule has 4 aromatic rings. The minimum Gasteiger partial charge on any atom is -0.497 e. The summed E-state index contributed by atoms with van der Waals surface area (Å²) in [4.78, 5) is 13.3. The number of ketones is 1. The average molecular weight is 414 g/mol. The standard InChI is InChI=1S/C26H22O5/c1-28-20-10-4-17(5-11-20)23-16-24(18-6-12-21(29-2)13-7-18)31-26(23)25(27)19-8-14-22(30-3)15-9-19/h4-16H,1-3H3. The summed E-state index contributed by atoms with van der Waals surface area (Å²) in [5.74, 6) is 2.86. The van der Waals surface area contributed by atoms with Crippen molar-refractivity contribution in [2.24, 2.45) is 0 Å². The van der Waals surface area contributed by atoms with Crippen molar-refractivity contribution >= 4 is 5.78 Å². The highest BCUT2D eigenvalue weighted by Crippen LogP contribution is 2.35. The van der Waals surface area contributed by atoms with E-state index in [1.807, 2.05) is 54.6 Å². The lowest BCUT2D eigenvalue weighted by Crippen LogP contribution is -2.01. The van der Waals surface area contributed by atoms with Crippen molar-refractivity contribution in [3.05, 3.63) is 90.2 Å². The molecule has 0 radical (unpaired) electrons. The van der Waals surface area contributed by atoms with Gasteiger partial charge in [0.15, 0.2) is 5.76 Å². The van der Waals surface area contributed by atoms with E-state index >= 15 is 0 Å². The Hall–Kier alpha value is -3.99. The Balaban J connectivity index is 1.80. The van der Waals surface area contributed by atoms with Gasteiger partial charge in [-0.15, -0.1) is 0 Å². The van der Waals surface area contributed by atoms with Crippen LogP contribution in [0.1, 0.15) is 16.1 Å². The third-order valence-corrected chi connectivity index (χ3v) is 5.07. The fraction of sp³-hybridized carbons (Fsp3) is 0.115. The average Bonchev–Trinajstić information content (AvgIpc) is 3.29. The molecule has 1 heterocycles. The maximum atomic E-state index is 13.3. The van der Waals surface area contributed by atoms with Crippen LogP contribution in [0.15, 0.2) is 83.3 Å². The number of ether oxygens (including phenoxy) is 3. The van der Waals surface area contributed by atoms with Crippen LogP contribution in [-0.2, 0) is 0 Å². The summed E-state index contributed by atoms with van der Waals surface area (Å²) in [5.41, 5.74) is 2.95. The number of methoxy groups -OCH3 is 3. The number of carbonyl (C=O) groups excluding carboxylic acids is 1. The van der Waals surface area contributed by atoms with Crippen molar-refractivity contribution in [3.63, 3.8) is 0 Å². The normalized spacial score (nSPS) is 10.5. The SMILES string of the molecule is COc1ccc(C(=O)c2oc(-c3ccc(OC)cc3)cc2-c2ccc(OC)cc2)cc1. The molecule has 0 aliphatic carbocycles. The summed E-state index contributed by atoms with van der Waals surface area (Å²) in [6, 6.07) is 23.9. The molecule has 0 saturated carbocycles. The van der Waals surface area contributed by atoms with Crippen LogP contribution in [0, 0.1) is 0 Å². The molecule has 0 aliphatic heterocycles. The van der Waals surface area contributed by atoms with E-state index in [9.17, 15) is 4.79 Å². The van der Waals surface area contributed by atoms with E-state index < -0.39 is 0 Å². The number of benzene rings is 3. The van der Waals surface area contributed by atoms with Gasteiger partial charge in [0.05, 0.1) is 21.3 Å². The first-order chi connectivity index (χ1) is 15.1. The molecule has 156 valence electrons. The van der Waals surface area contributed by atoms with Gasteiger partial charge in [-0.1, -0.05) is 12.1 Å². The van der Waals surface area contributed by atoms with Crippen molar-refractivity contribution in [1.29, 1.82) is 0 Å². The molecule has 5 nitrogen and oxygen atoms in total. The zero-order chi connectivity index (χ0) is 21.8. The Morgan fingerprint density at radius 1 is 0.645 bits per heavy atom. The lowest BCUT2D eigenvalue weighted by atomic mass is 10.00. The molecule has 1 aromatic heterocycles. The number of hydrogen-bond acceptors (Lipinski definition) is 5. The lowest BCUT2D eigenvalue weighted by Gasteiger charge is -2.05. The Labute approximate surface area is 180 Å². The van der Waals surface area contributed by atoms with Crippen LogP contribution in [0.2, 0.25) is 0 Å². The molecule has 0 bridgehead atoms. The molecule has 0 spiro atoms. The Morgan fingerprint density at radius 3 is 1.58 bits per heavy atom. The Kier molecular flexibility index (Phi) is 5.76. The number of rotatable bonds is 7. The number of carbonyl (C=O) groups is 1. The molecular weight excluding hydrogens is 392 g/mol. The zero-order valence-corrected chi connectivity index (χ0v) is 17.5. The van der Waals surface area contributed by atoms with Gasteiger partial charge >= 0.3 is 0 Å². The first-order valence-electron chi connectivity index (χ1n) is 9.74. The van der Waals surface area contributed by atoms with Gasteiger partial charge in [0.25, 0.3) is 0 Å². The summed E-state index contributed by atoms with van der Waals surface area (Å²) in [5, 5.41) is 0. The van der Waals surface area contributed by atoms with E-state index in [0.29, 0.717) is 22.6 Å². The molecule has 0 saturated heterocycles. The monoisotopic (exact) mass is 414 g/mol. The smallest absolute Gasteiger partial charge is 0.228 e. The third-order valence-electron chi connectivity index (χ3n) is 5.07. The van der Waals surface area contributed by atoms with E-state index in [2.05, 4.69) is 0 Å². The number of hydrogen-bond donors (Lipinski definition) is 0. The third kappa shape index (κ3) is 4.16. The van der Waals surface area contributed by atoms with E-state index in [-0.39, 0.29) is 11.5 Å². The summed E-state index contributed by atoms with van der Waals surface area (Å²) in [6.45, 7) is 0. The quantitative estimate of drug-likeness (QED) is 0.354. The van der Waals surface area contributed by atoms with Gasteiger partial charge in [-0.25, -0.2) is 0 Å². The Bertz CT molecular complexity index is 1170. The maximum Gasteiger partial charge on any atom is 0.228 e. The maximum absolute atomic E-state index is 13.3. The van der Waals surface area contributed by atoms with Crippen molar-refractivity contribution in [1.82, 2.24) is 0 Å². The fourth-order valence-electron chi connectivity index (χ4n) is 3.32. The van der Waals surface area contributed by atoms with Crippen LogP contribution in [0.4, 0.5) is 0 Å².